The van der Waals surface area contributed by atoms with Gasteiger partial charge in [0.15, 0.2) is 86.7 Å². The second-order valence-corrected chi connectivity index (χ2v) is 35.4. The van der Waals surface area contributed by atoms with Crippen LogP contribution in [-0.4, -0.2) is 148 Å². The Labute approximate surface area is 807 Å². The van der Waals surface area contributed by atoms with Gasteiger partial charge in [0.05, 0.1) is 148 Å². The number of carbonyl (C=O) groups excluding carboxylic acids is 3. The van der Waals surface area contributed by atoms with Crippen LogP contribution in [0.25, 0.3) is 111 Å². The number of carbonyl (C=O) groups is 3. The predicted octanol–water partition coefficient (Wildman–Crippen LogP) is 5.98. The summed E-state index contributed by atoms with van der Waals surface area (Å²) in [5.74, 6) is 4.39. The third kappa shape index (κ3) is 15.1. The summed E-state index contributed by atoms with van der Waals surface area (Å²) in [6, 6.07) is 41.9. The van der Waals surface area contributed by atoms with Crippen LogP contribution in [0.4, 0.5) is 0 Å². The maximum Gasteiger partial charge on any atom is 0.343 e. The fourth-order valence-electron chi connectivity index (χ4n) is 20.5. The summed E-state index contributed by atoms with van der Waals surface area (Å²) in [5, 5.41) is 60.5. The lowest BCUT2D eigenvalue weighted by Gasteiger charge is -2.31. The molecule has 0 bridgehead atoms. The van der Waals surface area contributed by atoms with Gasteiger partial charge in [-0.15, -0.1) is 0 Å². The molecule has 0 saturated carbocycles. The Hall–Kier alpha value is -14.9. The average molecular weight is 1920 g/mol. The highest BCUT2D eigenvalue weighted by molar-refractivity contribution is 5.97. The number of halogens is 2. The molecule has 0 fully saturated rings. The molecule has 139 heavy (non-hydrogen) atoms. The Morgan fingerprint density at radius 3 is 1.24 bits per heavy atom. The molecule has 0 spiro atoms. The van der Waals surface area contributed by atoms with Gasteiger partial charge in [-0.2, -0.15) is 0 Å². The van der Waals surface area contributed by atoms with Gasteiger partial charge in [0.1, 0.15) is 39.7 Å². The van der Waals surface area contributed by atoms with Crippen LogP contribution >= 0.6 is 0 Å². The van der Waals surface area contributed by atoms with Crippen molar-refractivity contribution in [3.05, 3.63) is 255 Å². The smallest absolute Gasteiger partial charge is 0.343 e. The molecule has 714 valence electrons. The van der Waals surface area contributed by atoms with Crippen LogP contribution in [0.15, 0.2) is 160 Å². The molecule has 3 atom stereocenters. The van der Waals surface area contributed by atoms with Crippen LogP contribution in [-0.2, 0) is 118 Å². The number of aromatic hydroxyl groups is 2. The number of benzene rings is 7. The van der Waals surface area contributed by atoms with Crippen LogP contribution in [0.2, 0.25) is 0 Å². The molecule has 5 N–H and O–H groups in total. The molecule has 0 unspecified atom stereocenters. The number of aliphatic hydroxyl groups is 3. The van der Waals surface area contributed by atoms with Gasteiger partial charge in [-0.05, 0) is 154 Å². The molecule has 7 aliphatic heterocycles. The molecule has 2 aliphatic carbocycles. The Bertz CT molecular complexity index is 7890. The largest absolute Gasteiger partial charge is 1.00 e. The van der Waals surface area contributed by atoms with E-state index in [0.29, 0.717) is 135 Å². The van der Waals surface area contributed by atoms with Gasteiger partial charge in [0.25, 0.3) is 16.7 Å². The number of para-hydroxylation sites is 1. The summed E-state index contributed by atoms with van der Waals surface area (Å²) < 4.78 is 73.4. The number of fused-ring (bicyclic) bond motifs is 26. The van der Waals surface area contributed by atoms with Crippen molar-refractivity contribution in [1.82, 2.24) is 33.6 Å². The number of esters is 3. The number of phenols is 2. The molecule has 15 aromatic rings. The predicted molar refractivity (Wildman–Crippen MR) is 503 cm³/mol. The van der Waals surface area contributed by atoms with E-state index in [4.69, 9.17) is 71.8 Å². The van der Waals surface area contributed by atoms with Crippen LogP contribution in [0, 0.1) is 0 Å². The molecule has 9 aliphatic rings. The lowest BCUT2D eigenvalue weighted by molar-refractivity contribution is -0.659. The zero-order valence-electron chi connectivity index (χ0n) is 78.4. The minimum atomic E-state index is -1.84. The monoisotopic (exact) mass is 1920 g/mol. The summed E-state index contributed by atoms with van der Waals surface area (Å²) in [7, 11) is 19.3. The topological polar surface area (TPSA) is 379 Å². The number of pyridine rings is 8. The number of ether oxygens (including phenoxy) is 12. The molecule has 0 saturated heterocycles. The SMILES string of the molecule is CC[C@@]1(O)C(=O)OCc2c1cc1n(c2=O)Cc2cc3c(CN(C)C)c(O)ccc3nc2-1.CC[C@@]1(O)C(=O)OCc2c1cc1n(c2=O)Cc2cc3cc(OC)c(OC)cc3nc2-1.CC[C@@]1(O)C(=O)OCc2c1cc1n(c2=O)Cc2cc3ccccc3nc2-1.COc1cc2c(cc1O)Cc1c-2[n+](C)cc2cc(OC)c(OC)cc12.COc1cc2c[n+](C)c3c(c2cc1OC)Cc1cc2c(cc1-3)OCO2.[Cl-].[Cl-]. The number of hydrogen-bond acceptors (Lipinski definition) is 27. The standard InChI is InChI=1S/C23H23N3O5.C22H20N2O6.C20H16N2O4.C20H18NO4.C20H19NO4.2ClH/c1-4-23(30)16-8-18-20-12(9-26(18)21(28)15(16)11-31-22(23)29)7-13-14(10-25(2)3)19(27)6-5-17(13)24-20;1-4-22(27)14-7-16-19-12(9-24(16)20(25)13(14)10-30-21(22)26)5-11-6-17(28-2)18(29-3)8-15(11)23-19;1-2-20(25)14-8-16-17-12(7-11-5-3-4-6-15(11)21-17)9-22(16)18(23)13(14)10-26-19(20)24;1-21-9-12-6-16(22-2)17(23-3)7-13(12)15-4-11-5-18-19(25-10-24-18)8-14(11)20(15)21;1-21-10-12-7-18(24-3)19(25-4)8-13(12)15-5-11-6-16(22)17(23-2)9-14(11)20(15)21;;/h5-8,27,30H,4,9-11H2,1-3H3;5-8,27H,4,9-10H2,1-3H3;3-8,25H,2,9-10H2,1H3;5-9H,4,10H2,1-3H3;6-10H,5H2,1-4H3;2*1H/q;;;+1;;;/p-1/t23-;22-;20-;;;;/m000..../s1. The van der Waals surface area contributed by atoms with Gasteiger partial charge in [-0.25, -0.2) is 38.5 Å². The van der Waals surface area contributed by atoms with Crippen molar-refractivity contribution in [2.45, 2.75) is 116 Å². The summed E-state index contributed by atoms with van der Waals surface area (Å²) >= 11 is 0. The van der Waals surface area contributed by atoms with Crippen molar-refractivity contribution in [1.29, 1.82) is 0 Å². The number of hydrogen-bond donors (Lipinski definition) is 5. The number of nitrogens with zero attached hydrogens (tertiary/aromatic N) is 9. The Balaban J connectivity index is 0.000000115. The second kappa shape index (κ2) is 35.9. The number of rotatable bonds is 12. The molecule has 0 radical (unpaired) electrons. The van der Waals surface area contributed by atoms with Crippen molar-refractivity contribution < 1.29 is 131 Å². The van der Waals surface area contributed by atoms with Gasteiger partial charge in [-0.1, -0.05) is 39.0 Å². The van der Waals surface area contributed by atoms with Gasteiger partial charge in [0.2, 0.25) is 18.2 Å². The lowest BCUT2D eigenvalue weighted by atomic mass is 9.86. The number of aryl methyl sites for hydroxylation is 2. The Morgan fingerprint density at radius 2 is 0.791 bits per heavy atom. The van der Waals surface area contributed by atoms with E-state index >= 15 is 0 Å². The fourth-order valence-corrected chi connectivity index (χ4v) is 20.5. The number of phenolic OH excluding ortho intramolecular Hbond substituents is 2. The van der Waals surface area contributed by atoms with Crippen LogP contribution < -0.4 is 93.3 Å². The first-order valence-electron chi connectivity index (χ1n) is 44.7. The van der Waals surface area contributed by atoms with E-state index in [2.05, 4.69) is 46.8 Å². The molecule has 34 heteroatoms. The van der Waals surface area contributed by atoms with Crippen LogP contribution in [0.3, 0.4) is 0 Å². The van der Waals surface area contributed by atoms with E-state index in [0.717, 1.165) is 118 Å². The lowest BCUT2D eigenvalue weighted by Crippen LogP contribution is -3.00. The fraction of sp³-hybridized carbons (Fsp3) is 0.286. The Kier molecular flexibility index (Phi) is 24.4. The number of aromatic nitrogens is 8. The third-order valence-corrected chi connectivity index (χ3v) is 27.6. The number of cyclic esters (lactones) is 3. The summed E-state index contributed by atoms with van der Waals surface area (Å²) in [5.41, 5.74) is 14.6. The van der Waals surface area contributed by atoms with Gasteiger partial charge in [-0.3, -0.25) is 14.4 Å². The highest BCUT2D eigenvalue weighted by Gasteiger charge is 2.49. The highest BCUT2D eigenvalue weighted by atomic mass is 35.5. The van der Waals surface area contributed by atoms with Crippen molar-refractivity contribution >= 4 is 72.2 Å². The van der Waals surface area contributed by atoms with E-state index in [1.54, 1.807) is 127 Å². The summed E-state index contributed by atoms with van der Waals surface area (Å²) in [4.78, 5) is 92.3. The van der Waals surface area contributed by atoms with E-state index in [1.165, 1.54) is 33.3 Å². The minimum absolute atomic E-state index is 0. The first kappa shape index (κ1) is 94.4. The minimum Gasteiger partial charge on any atom is -1.00 e. The molecule has 0 amide bonds. The van der Waals surface area contributed by atoms with E-state index in [-0.39, 0.29) is 92.1 Å². The summed E-state index contributed by atoms with van der Waals surface area (Å²) in [6.45, 7) is 6.61. The molecule has 7 aromatic carbocycles. The van der Waals surface area contributed by atoms with Gasteiger partial charge in [0, 0.05) is 113 Å². The molecular formula is C105H97Cl2N9O23. The van der Waals surface area contributed by atoms with Crippen LogP contribution in [0.1, 0.15) is 118 Å². The van der Waals surface area contributed by atoms with Gasteiger partial charge >= 0.3 is 17.9 Å². The second-order valence-electron chi connectivity index (χ2n) is 35.4. The van der Waals surface area contributed by atoms with E-state index in [1.807, 2.05) is 98.8 Å². The third-order valence-electron chi connectivity index (χ3n) is 27.6. The van der Waals surface area contributed by atoms with E-state index < -0.39 is 34.7 Å². The maximum atomic E-state index is 13.2. The van der Waals surface area contributed by atoms with Crippen molar-refractivity contribution in [2.75, 3.05) is 70.7 Å². The van der Waals surface area contributed by atoms with Crippen molar-refractivity contribution in [3.8, 4) is 120 Å². The first-order valence-corrected chi connectivity index (χ1v) is 44.7. The quantitative estimate of drug-likeness (QED) is 0.0533. The highest BCUT2D eigenvalue weighted by Crippen LogP contribution is 2.51. The maximum absolute atomic E-state index is 13.2. The molecule has 24 rings (SSSR count). The summed E-state index contributed by atoms with van der Waals surface area (Å²) in [6.07, 6.45) is 6.19. The Morgan fingerprint density at radius 1 is 0.396 bits per heavy atom. The molecule has 32 nitrogen and oxygen atoms in total. The molecule has 8 aromatic heterocycles. The number of methoxy groups -OCH3 is 7. The normalized spacial score (nSPS) is 16.9. The first-order chi connectivity index (χ1) is 65.9. The molecular weight excluding hydrogens is 1830 g/mol. The van der Waals surface area contributed by atoms with Gasteiger partial charge < -0.3 is 126 Å². The zero-order chi connectivity index (χ0) is 96.2. The van der Waals surface area contributed by atoms with E-state index in [9.17, 15) is 54.3 Å². The molecule has 15 heterocycles. The zero-order valence-corrected chi connectivity index (χ0v) is 79.9. The van der Waals surface area contributed by atoms with Crippen molar-refractivity contribution in [3.63, 3.8) is 0 Å². The average Bonchev–Trinajstić information content (AvgIpc) is 1.74. The van der Waals surface area contributed by atoms with Crippen molar-refractivity contribution in [2.24, 2.45) is 14.1 Å². The van der Waals surface area contributed by atoms with Crippen LogP contribution in [0.5, 0.6) is 63.2 Å².